The maximum absolute atomic E-state index is 9.66. The number of urea groups is 2. The van der Waals surface area contributed by atoms with E-state index in [2.05, 4.69) is 21.7 Å². The summed E-state index contributed by atoms with van der Waals surface area (Å²) in [6, 6.07) is -2.08. The second-order valence-electron chi connectivity index (χ2n) is 0.876. The molecule has 0 atom stereocenters. The number of azo groups is 1. The zero-order valence-electron chi connectivity index (χ0n) is 6.57. The molecule has 0 aliphatic heterocycles. The number of carbonyl (C=O) groups excluding carboxylic acids is 2. The molecule has 0 bridgehead atoms. The van der Waals surface area contributed by atoms with Gasteiger partial charge in [-0.05, 0) is 0 Å². The van der Waals surface area contributed by atoms with E-state index in [1.165, 1.54) is 0 Å². The van der Waals surface area contributed by atoms with Crippen molar-refractivity contribution in [3.05, 3.63) is 0 Å². The first kappa shape index (κ1) is 11.9. The van der Waals surface area contributed by atoms with Gasteiger partial charge in [0.05, 0.1) is 0 Å². The number of carbonyl (C=O) groups is 2. The van der Waals surface area contributed by atoms with E-state index in [1.54, 1.807) is 0 Å². The third kappa shape index (κ3) is 11.6. The van der Waals surface area contributed by atoms with Gasteiger partial charge in [0.2, 0.25) is 0 Å². The molecule has 0 saturated carbocycles. The van der Waals surface area contributed by atoms with E-state index >= 15 is 0 Å². The maximum atomic E-state index is 9.66. The first-order valence-corrected chi connectivity index (χ1v) is 1.63. The van der Waals surface area contributed by atoms with Crippen LogP contribution in [0.2, 0.25) is 0 Å². The van der Waals surface area contributed by atoms with Gasteiger partial charge in [-0.3, -0.25) is 0 Å². The van der Waals surface area contributed by atoms with E-state index in [0.29, 0.717) is 0 Å². The molecular weight excluding hydrogens is 249 g/mol. The van der Waals surface area contributed by atoms with Crippen LogP contribution in [0.15, 0.2) is 10.2 Å². The van der Waals surface area contributed by atoms with E-state index in [9.17, 15) is 9.59 Å². The molecule has 7 heteroatoms. The zero-order chi connectivity index (χ0) is 6.57. The molecule has 6 nitrogen and oxygen atoms in total. The third-order valence-electron chi connectivity index (χ3n) is 0.247. The number of amides is 4. The zero-order valence-corrected chi connectivity index (χ0v) is 9.01. The van der Waals surface area contributed by atoms with Gasteiger partial charge >= 0.3 is 60.9 Å². The Balaban J connectivity index is -0.0000000817. The Morgan fingerprint density at radius 3 is 1.44 bits per heavy atom. The Bertz CT molecular complexity index is 135. The first-order chi connectivity index (χ1) is 3.63. The van der Waals surface area contributed by atoms with Crippen molar-refractivity contribution in [1.29, 1.82) is 0 Å². The minimum atomic E-state index is -1.04. The van der Waals surface area contributed by atoms with E-state index < -0.39 is 12.1 Å². The second kappa shape index (κ2) is 6.23. The number of hydrogen-bond donors (Lipinski definition) is 2. The van der Waals surface area contributed by atoms with Crippen molar-refractivity contribution in [1.82, 2.24) is 0 Å². The van der Waals surface area contributed by atoms with Crippen LogP contribution in [0.1, 0.15) is 2.85 Å². The summed E-state index contributed by atoms with van der Waals surface area (Å²) in [5.41, 5.74) is 8.87. The molecule has 0 fully saturated rings. The summed E-state index contributed by atoms with van der Waals surface area (Å²) >= 11 is 0. The van der Waals surface area contributed by atoms with Gasteiger partial charge in [0.15, 0.2) is 0 Å². The Morgan fingerprint density at radius 1 is 1.11 bits per heavy atom. The van der Waals surface area contributed by atoms with Gasteiger partial charge in [-0.2, -0.15) is 0 Å². The second-order valence-corrected chi connectivity index (χ2v) is 0.876. The normalized spacial score (nSPS) is 8.44. The molecule has 0 unspecified atom stereocenters. The summed E-state index contributed by atoms with van der Waals surface area (Å²) in [6.45, 7) is 0. The first-order valence-electron chi connectivity index (χ1n) is 1.63. The summed E-state index contributed by atoms with van der Waals surface area (Å²) in [5.74, 6) is 0. The smallest absolute Gasteiger partial charge is 1.00 e. The fourth-order valence-corrected chi connectivity index (χ4v) is 0.0986. The van der Waals surface area contributed by atoms with Crippen molar-refractivity contribution >= 4 is 60.9 Å². The van der Waals surface area contributed by atoms with Crippen molar-refractivity contribution in [2.75, 3.05) is 0 Å². The Kier molecular flexibility index (Phi) is 8.21. The van der Waals surface area contributed by atoms with E-state index in [1.807, 2.05) is 0 Å². The van der Waals surface area contributed by atoms with Crippen LogP contribution >= 0.6 is 0 Å². The fraction of sp³-hybridized carbons (Fsp3) is 0. The van der Waals surface area contributed by atoms with E-state index in [4.69, 9.17) is 0 Å². The summed E-state index contributed by atoms with van der Waals surface area (Å²) in [7, 11) is 0. The molecule has 0 rings (SSSR count). The molecule has 4 amide bonds. The molecule has 0 aromatic heterocycles. The minimum absolute atomic E-state index is 0. The molecule has 0 aliphatic carbocycles. The van der Waals surface area contributed by atoms with Crippen LogP contribution in [0, 0.1) is 0 Å². The van der Waals surface area contributed by atoms with Crippen LogP contribution < -0.4 is 11.5 Å². The van der Waals surface area contributed by atoms with Crippen molar-refractivity contribution < 1.29 is 12.4 Å². The predicted octanol–water partition coefficient (Wildman–Crippen LogP) is -0.560. The van der Waals surface area contributed by atoms with Crippen molar-refractivity contribution in [2.45, 2.75) is 0 Å². The van der Waals surface area contributed by atoms with Crippen LogP contribution in [0.5, 0.6) is 0 Å². The largest absolute Gasteiger partial charge is 2.00 e. The molecule has 9 heavy (non-hydrogen) atoms. The van der Waals surface area contributed by atoms with Crippen molar-refractivity contribution in [2.24, 2.45) is 21.7 Å². The van der Waals surface area contributed by atoms with E-state index in [-0.39, 0.29) is 51.7 Å². The number of nitrogens with zero attached hydrogens (tertiary/aromatic N) is 2. The van der Waals surface area contributed by atoms with Gasteiger partial charge in [-0.25, -0.2) is 9.59 Å². The summed E-state index contributed by atoms with van der Waals surface area (Å²) in [4.78, 5) is 19.3. The topological polar surface area (TPSA) is 111 Å². The number of hydrogen-bond acceptors (Lipinski definition) is 2. The third-order valence-corrected chi connectivity index (χ3v) is 0.247. The summed E-state index contributed by atoms with van der Waals surface area (Å²) < 4.78 is 0. The van der Waals surface area contributed by atoms with Gasteiger partial charge < -0.3 is 14.3 Å². The van der Waals surface area contributed by atoms with Crippen LogP contribution in [0.4, 0.5) is 9.59 Å². The monoisotopic (exact) mass is 256 g/mol. The van der Waals surface area contributed by atoms with Gasteiger partial charge in [-0.15, -0.1) is 0 Å². The molecule has 0 radical (unpaired) electrons. The standard InChI is InChI=1S/C2H4N4O2.Ba.2H/c3-1(7)5-6-2(4)8;;;/h(H2,3,7)(H2,4,8);;;/q;+2;2*-1. The molecule has 0 spiro atoms. The van der Waals surface area contributed by atoms with Gasteiger partial charge in [0, 0.05) is 0 Å². The van der Waals surface area contributed by atoms with Crippen LogP contribution in [-0.2, 0) is 0 Å². The number of primary amides is 2. The Labute approximate surface area is 94.1 Å². The molecule has 0 heterocycles. The Hall–Kier alpha value is 0.111. The predicted molar refractivity (Wildman–Crippen MR) is 32.0 cm³/mol. The molecule has 0 aromatic rings. The van der Waals surface area contributed by atoms with Crippen LogP contribution in [0.25, 0.3) is 0 Å². The molecule has 0 aromatic carbocycles. The van der Waals surface area contributed by atoms with Gasteiger partial charge in [-0.1, -0.05) is 10.2 Å². The molecule has 4 N–H and O–H groups in total. The average Bonchev–Trinajstić information content (AvgIpc) is 1.61. The fourth-order valence-electron chi connectivity index (χ4n) is 0.0986. The van der Waals surface area contributed by atoms with Crippen LogP contribution in [-0.4, -0.2) is 60.9 Å². The average molecular weight is 255 g/mol. The number of nitrogens with two attached hydrogens (primary N) is 2. The van der Waals surface area contributed by atoms with Crippen LogP contribution in [0.3, 0.4) is 0 Å². The van der Waals surface area contributed by atoms with E-state index in [0.717, 1.165) is 0 Å². The number of rotatable bonds is 0. The molecular formula is C2H6BaN4O2. The summed E-state index contributed by atoms with van der Waals surface area (Å²) in [5, 5.41) is 5.23. The van der Waals surface area contributed by atoms with Crippen molar-refractivity contribution in [3.63, 3.8) is 0 Å². The summed E-state index contributed by atoms with van der Waals surface area (Å²) in [6.07, 6.45) is 0. The Morgan fingerprint density at radius 2 is 1.33 bits per heavy atom. The molecule has 0 saturated heterocycles. The molecule has 48 valence electrons. The van der Waals surface area contributed by atoms with Gasteiger partial charge in [0.1, 0.15) is 0 Å². The van der Waals surface area contributed by atoms with Gasteiger partial charge in [0.25, 0.3) is 0 Å². The SMILES string of the molecule is NC(=O)N=NC(N)=O.[Ba+2].[H-].[H-]. The minimum Gasteiger partial charge on any atom is -1.00 e. The quantitative estimate of drug-likeness (QED) is 0.446. The van der Waals surface area contributed by atoms with Crippen molar-refractivity contribution in [3.8, 4) is 0 Å². The maximum Gasteiger partial charge on any atom is 2.00 e. The molecule has 0 aliphatic rings.